The molecule has 86 valence electrons. The molecule has 0 spiro atoms. The van der Waals surface area contributed by atoms with E-state index in [1.54, 1.807) is 10.2 Å². The summed E-state index contributed by atoms with van der Waals surface area (Å²) in [5.74, 6) is -2.22. The molecule has 2 heterocycles. The molecular formula is C9H9F2N3OS. The Morgan fingerprint density at radius 3 is 2.94 bits per heavy atom. The van der Waals surface area contributed by atoms with Crippen molar-refractivity contribution < 1.29 is 13.6 Å². The third-order valence-corrected chi connectivity index (χ3v) is 4.76. The molecule has 0 amide bonds. The number of aliphatic imine (C=N–C) groups is 1. The van der Waals surface area contributed by atoms with Gasteiger partial charge in [-0.25, -0.2) is 18.8 Å². The van der Waals surface area contributed by atoms with Crippen molar-refractivity contribution in [2.24, 2.45) is 10.9 Å². The molecule has 4 nitrogen and oxygen atoms in total. The van der Waals surface area contributed by atoms with Crippen LogP contribution in [0.15, 0.2) is 17.5 Å². The van der Waals surface area contributed by atoms with Gasteiger partial charge in [-0.15, -0.1) is 0 Å². The van der Waals surface area contributed by atoms with Crippen LogP contribution in [-0.4, -0.2) is 25.5 Å². The molecule has 1 aliphatic heterocycles. The zero-order valence-corrected chi connectivity index (χ0v) is 9.07. The number of rotatable bonds is 2. The molecule has 7 heteroatoms. The maximum atomic E-state index is 12.8. The fourth-order valence-corrected chi connectivity index (χ4v) is 3.71. The molecule has 1 atom stereocenters. The summed E-state index contributed by atoms with van der Waals surface area (Å²) in [6.45, 7) is 0. The van der Waals surface area contributed by atoms with Crippen LogP contribution in [0, 0.1) is 5.92 Å². The number of fused-ring (bicyclic) bond motifs is 1. The SMILES string of the molecule is O=C[SH]1C(C2CC(F)(F)C2)=Nc2cncn21. The minimum atomic E-state index is -2.58. The Bertz CT molecular complexity index is 477. The summed E-state index contributed by atoms with van der Waals surface area (Å²) in [6.07, 6.45) is 2.71. The normalized spacial score (nSPS) is 29.4. The predicted molar refractivity (Wildman–Crippen MR) is 58.1 cm³/mol. The van der Waals surface area contributed by atoms with Crippen LogP contribution in [-0.2, 0) is 4.79 Å². The second kappa shape index (κ2) is 3.13. The highest BCUT2D eigenvalue weighted by atomic mass is 32.2. The quantitative estimate of drug-likeness (QED) is 0.639. The third kappa shape index (κ3) is 1.31. The van der Waals surface area contributed by atoms with E-state index in [1.165, 1.54) is 6.33 Å². The van der Waals surface area contributed by atoms with Gasteiger partial charge in [0.25, 0.3) is 0 Å². The molecule has 0 aromatic carbocycles. The first kappa shape index (κ1) is 9.95. The van der Waals surface area contributed by atoms with Crippen molar-refractivity contribution in [3.05, 3.63) is 12.5 Å². The maximum absolute atomic E-state index is 12.8. The average molecular weight is 245 g/mol. The second-order valence-electron chi connectivity index (χ2n) is 3.98. The van der Waals surface area contributed by atoms with E-state index in [2.05, 4.69) is 9.98 Å². The first-order chi connectivity index (χ1) is 7.61. The van der Waals surface area contributed by atoms with Crippen molar-refractivity contribution in [2.45, 2.75) is 18.8 Å². The summed E-state index contributed by atoms with van der Waals surface area (Å²) in [5, 5.41) is 0.619. The number of halogens is 2. The van der Waals surface area contributed by atoms with E-state index in [4.69, 9.17) is 0 Å². The van der Waals surface area contributed by atoms with Gasteiger partial charge in [0.1, 0.15) is 6.33 Å². The Labute approximate surface area is 92.9 Å². The van der Waals surface area contributed by atoms with Gasteiger partial charge in [-0.1, -0.05) is 11.1 Å². The van der Waals surface area contributed by atoms with Gasteiger partial charge in [0, 0.05) is 18.8 Å². The molecular weight excluding hydrogens is 236 g/mol. The molecule has 0 N–H and O–H groups in total. The highest BCUT2D eigenvalue weighted by molar-refractivity contribution is 8.39. The number of hydrogen-bond donors (Lipinski definition) is 1. The van der Waals surface area contributed by atoms with Gasteiger partial charge in [-0.2, -0.15) is 0 Å². The minimum Gasteiger partial charge on any atom is -0.291 e. The van der Waals surface area contributed by atoms with Crippen molar-refractivity contribution in [1.82, 2.24) is 8.96 Å². The summed E-state index contributed by atoms with van der Waals surface area (Å²) in [5.41, 5.74) is 0.794. The average Bonchev–Trinajstić information content (AvgIpc) is 2.71. The molecule has 0 radical (unpaired) electrons. The molecule has 1 aliphatic carbocycles. The maximum Gasteiger partial charge on any atom is 0.249 e. The lowest BCUT2D eigenvalue weighted by Crippen LogP contribution is -2.39. The molecule has 1 fully saturated rings. The van der Waals surface area contributed by atoms with E-state index in [1.807, 2.05) is 0 Å². The number of thiol groups is 1. The smallest absolute Gasteiger partial charge is 0.249 e. The van der Waals surface area contributed by atoms with Gasteiger partial charge in [0.15, 0.2) is 11.4 Å². The first-order valence-electron chi connectivity index (χ1n) is 4.84. The van der Waals surface area contributed by atoms with Crippen molar-refractivity contribution >= 4 is 27.6 Å². The zero-order valence-electron chi connectivity index (χ0n) is 8.18. The summed E-state index contributed by atoms with van der Waals surface area (Å²) in [4.78, 5) is 19.1. The highest BCUT2D eigenvalue weighted by Crippen LogP contribution is 2.51. The van der Waals surface area contributed by atoms with E-state index >= 15 is 0 Å². The lowest BCUT2D eigenvalue weighted by atomic mass is 9.82. The third-order valence-electron chi connectivity index (χ3n) is 2.85. The standard InChI is InChI=1S/C9H9F2N3OS/c10-9(11)1-6(2-9)8-13-7-3-12-4-14(7)16(8)5-15/h3-6,16H,1-2H2. The summed E-state index contributed by atoms with van der Waals surface area (Å²) >= 11 is -1.23. The largest absolute Gasteiger partial charge is 0.291 e. The number of nitrogens with zero attached hydrogens (tertiary/aromatic N) is 3. The van der Waals surface area contributed by atoms with E-state index in [9.17, 15) is 13.6 Å². The van der Waals surface area contributed by atoms with Crippen LogP contribution >= 0.6 is 11.1 Å². The summed E-state index contributed by atoms with van der Waals surface area (Å²) < 4.78 is 27.2. The van der Waals surface area contributed by atoms with Gasteiger partial charge in [-0.3, -0.25) is 8.77 Å². The molecule has 1 saturated carbocycles. The second-order valence-corrected chi connectivity index (χ2v) is 5.77. The number of imidazole rings is 1. The number of aromatic nitrogens is 2. The predicted octanol–water partition coefficient (Wildman–Crippen LogP) is 1.93. The number of alkyl halides is 2. The van der Waals surface area contributed by atoms with Gasteiger partial charge in [0.05, 0.1) is 11.2 Å². The fourth-order valence-electron chi connectivity index (χ4n) is 2.03. The van der Waals surface area contributed by atoms with Gasteiger partial charge < -0.3 is 0 Å². The van der Waals surface area contributed by atoms with Crippen molar-refractivity contribution in [3.63, 3.8) is 0 Å². The van der Waals surface area contributed by atoms with Crippen LogP contribution < -0.4 is 0 Å². The number of hydrogen-bond acceptors (Lipinski definition) is 3. The van der Waals surface area contributed by atoms with Gasteiger partial charge in [-0.05, 0) is 0 Å². The molecule has 1 unspecified atom stereocenters. The Morgan fingerprint density at radius 1 is 1.56 bits per heavy atom. The van der Waals surface area contributed by atoms with E-state index in [-0.39, 0.29) is 18.8 Å². The molecule has 1 aromatic rings. The van der Waals surface area contributed by atoms with E-state index in [0.29, 0.717) is 10.9 Å². The molecule has 3 rings (SSSR count). The van der Waals surface area contributed by atoms with Crippen LogP contribution in [0.4, 0.5) is 14.6 Å². The lowest BCUT2D eigenvalue weighted by Gasteiger charge is -2.36. The zero-order chi connectivity index (χ0) is 11.3. The summed E-state index contributed by atoms with van der Waals surface area (Å²) in [7, 11) is 0. The lowest BCUT2D eigenvalue weighted by molar-refractivity contribution is -0.0901. The molecule has 16 heavy (non-hydrogen) atoms. The topological polar surface area (TPSA) is 47.2 Å². The van der Waals surface area contributed by atoms with Gasteiger partial charge in [0.2, 0.25) is 5.92 Å². The Kier molecular flexibility index (Phi) is 1.95. The molecule has 1 aromatic heterocycles. The van der Waals surface area contributed by atoms with Crippen LogP contribution in [0.5, 0.6) is 0 Å². The first-order valence-corrected chi connectivity index (χ1v) is 6.21. The monoisotopic (exact) mass is 245 g/mol. The Morgan fingerprint density at radius 2 is 2.31 bits per heavy atom. The van der Waals surface area contributed by atoms with Crippen LogP contribution in [0.2, 0.25) is 0 Å². The number of carbonyl (C=O) groups is 1. The van der Waals surface area contributed by atoms with Crippen LogP contribution in [0.1, 0.15) is 12.8 Å². The van der Waals surface area contributed by atoms with Crippen molar-refractivity contribution in [1.29, 1.82) is 0 Å². The van der Waals surface area contributed by atoms with Crippen molar-refractivity contribution in [2.75, 3.05) is 0 Å². The van der Waals surface area contributed by atoms with Gasteiger partial charge >= 0.3 is 0 Å². The summed E-state index contributed by atoms with van der Waals surface area (Å²) in [6, 6.07) is 0. The van der Waals surface area contributed by atoms with Crippen molar-refractivity contribution in [3.8, 4) is 0 Å². The highest BCUT2D eigenvalue weighted by Gasteiger charge is 2.49. The molecule has 0 saturated heterocycles. The van der Waals surface area contributed by atoms with E-state index < -0.39 is 17.0 Å². The Hall–Kier alpha value is -1.24. The fraction of sp³-hybridized carbons (Fsp3) is 0.444. The van der Waals surface area contributed by atoms with Crippen LogP contribution in [0.25, 0.3) is 0 Å². The minimum absolute atomic E-state index is 0.184. The van der Waals surface area contributed by atoms with Crippen LogP contribution in [0.3, 0.4) is 0 Å². The Balaban J connectivity index is 1.88. The van der Waals surface area contributed by atoms with E-state index in [0.717, 1.165) is 5.62 Å². The molecule has 2 aliphatic rings. The number of carbonyl (C=O) groups excluding carboxylic acids is 1. The molecule has 0 bridgehead atoms.